The number of ether oxygens (including phenoxy) is 1. The molecule has 0 aromatic carbocycles. The highest BCUT2D eigenvalue weighted by atomic mass is 16.5. The lowest BCUT2D eigenvalue weighted by Gasteiger charge is -2.31. The minimum absolute atomic E-state index is 0.0228. The summed E-state index contributed by atoms with van der Waals surface area (Å²) >= 11 is 0. The monoisotopic (exact) mass is 381 g/mol. The molecule has 2 fully saturated rings. The Labute approximate surface area is 164 Å². The number of amides is 1. The van der Waals surface area contributed by atoms with Gasteiger partial charge in [-0.1, -0.05) is 25.7 Å². The third-order valence-corrected chi connectivity index (χ3v) is 5.63. The fourth-order valence-corrected chi connectivity index (χ4v) is 4.02. The minimum Gasteiger partial charge on any atom is -0.376 e. The first-order chi connectivity index (χ1) is 13.2. The molecule has 0 radical (unpaired) electrons. The number of aliphatic imine (C=N–C) groups is 1. The fraction of sp³-hybridized carbons (Fsp3) is 0.900. The first-order valence-electron chi connectivity index (χ1n) is 10.8. The van der Waals surface area contributed by atoms with Crippen LogP contribution >= 0.6 is 0 Å². The quantitative estimate of drug-likeness (QED) is 0.243. The molecule has 2 aliphatic rings. The Kier molecular flexibility index (Phi) is 10.5. The van der Waals surface area contributed by atoms with E-state index in [4.69, 9.17) is 10.5 Å². The maximum absolute atomic E-state index is 11.4. The molecule has 1 atom stereocenters. The van der Waals surface area contributed by atoms with Gasteiger partial charge < -0.3 is 26.0 Å². The molecule has 2 rings (SSSR count). The second-order valence-electron chi connectivity index (χ2n) is 7.81. The van der Waals surface area contributed by atoms with Crippen LogP contribution in [0.15, 0.2) is 4.99 Å². The second-order valence-corrected chi connectivity index (χ2v) is 7.81. The summed E-state index contributed by atoms with van der Waals surface area (Å²) < 4.78 is 6.00. The average molecular weight is 382 g/mol. The lowest BCUT2D eigenvalue weighted by atomic mass is 9.97. The van der Waals surface area contributed by atoms with Crippen molar-refractivity contribution in [3.63, 3.8) is 0 Å². The highest BCUT2D eigenvalue weighted by Gasteiger charge is 2.23. The Hall–Kier alpha value is -1.34. The smallest absolute Gasteiger partial charge is 0.221 e. The summed E-state index contributed by atoms with van der Waals surface area (Å²) in [6.07, 6.45) is 11.2. The molecule has 1 saturated carbocycles. The molecular formula is C20H39N5O2. The number of nitrogens with two attached hydrogens (primary N) is 1. The number of likely N-dealkylation sites (tertiary alicyclic amines) is 1. The number of piperidine rings is 1. The fourth-order valence-electron chi connectivity index (χ4n) is 4.02. The molecule has 1 aliphatic carbocycles. The molecule has 0 aromatic heterocycles. The molecule has 4 N–H and O–H groups in total. The molecule has 0 bridgehead atoms. The Morgan fingerprint density at radius 2 is 1.85 bits per heavy atom. The Bertz CT molecular complexity index is 450. The number of carbonyl (C=O) groups excluding carboxylic acids is 1. The van der Waals surface area contributed by atoms with Crippen molar-refractivity contribution in [2.24, 2.45) is 16.6 Å². The van der Waals surface area contributed by atoms with Gasteiger partial charge >= 0.3 is 0 Å². The molecule has 1 saturated heterocycles. The van der Waals surface area contributed by atoms with Crippen molar-refractivity contribution in [2.75, 3.05) is 46.4 Å². The largest absolute Gasteiger partial charge is 0.376 e. The Morgan fingerprint density at radius 3 is 2.56 bits per heavy atom. The van der Waals surface area contributed by atoms with Crippen LogP contribution < -0.4 is 16.4 Å². The molecule has 1 heterocycles. The second kappa shape index (κ2) is 12.9. The topological polar surface area (TPSA) is 92.0 Å². The first kappa shape index (κ1) is 22.0. The molecule has 7 nitrogen and oxygen atoms in total. The average Bonchev–Trinajstić information content (AvgIpc) is 2.95. The predicted molar refractivity (Wildman–Crippen MR) is 110 cm³/mol. The zero-order valence-electron chi connectivity index (χ0n) is 17.0. The van der Waals surface area contributed by atoms with Gasteiger partial charge in [-0.3, -0.25) is 9.79 Å². The standard InChI is InChI=1S/C20H39N5O2/c1-22-20(24-12-15-27-18-9-4-2-3-5-10-18)23-11-7-14-25-13-6-8-17(16-25)19(21)26/h17-18H,2-16H2,1H3,(H2,21,26)(H2,22,23,24). The normalized spacial score (nSPS) is 23.0. The van der Waals surface area contributed by atoms with E-state index in [2.05, 4.69) is 20.5 Å². The third kappa shape index (κ3) is 8.93. The molecule has 0 spiro atoms. The number of hydrogen-bond acceptors (Lipinski definition) is 4. The Balaban J connectivity index is 1.51. The number of rotatable bonds is 9. The lowest BCUT2D eigenvalue weighted by molar-refractivity contribution is -0.123. The summed E-state index contributed by atoms with van der Waals surface area (Å²) in [5, 5.41) is 6.68. The van der Waals surface area contributed by atoms with Crippen LogP contribution in [0.4, 0.5) is 0 Å². The minimum atomic E-state index is -0.159. The van der Waals surface area contributed by atoms with Gasteiger partial charge in [-0.25, -0.2) is 0 Å². The van der Waals surface area contributed by atoms with Gasteiger partial charge in [-0.05, 0) is 45.2 Å². The van der Waals surface area contributed by atoms with Crippen molar-refractivity contribution < 1.29 is 9.53 Å². The molecule has 1 aliphatic heterocycles. The van der Waals surface area contributed by atoms with Crippen molar-refractivity contribution in [3.05, 3.63) is 0 Å². The van der Waals surface area contributed by atoms with E-state index in [0.29, 0.717) is 6.10 Å². The molecule has 0 aromatic rings. The number of guanidine groups is 1. The summed E-state index contributed by atoms with van der Waals surface area (Å²) in [5.41, 5.74) is 5.44. The van der Waals surface area contributed by atoms with E-state index in [1.54, 1.807) is 7.05 Å². The molecule has 1 amide bonds. The van der Waals surface area contributed by atoms with E-state index in [9.17, 15) is 4.79 Å². The van der Waals surface area contributed by atoms with Gasteiger partial charge in [-0.2, -0.15) is 0 Å². The van der Waals surface area contributed by atoms with Gasteiger partial charge in [0.1, 0.15) is 0 Å². The SMILES string of the molecule is CN=C(NCCCN1CCCC(C(N)=O)C1)NCCOC1CCCCCC1. The highest BCUT2D eigenvalue weighted by molar-refractivity contribution is 5.79. The van der Waals surface area contributed by atoms with Crippen molar-refractivity contribution in [3.8, 4) is 0 Å². The molecule has 1 unspecified atom stereocenters. The molecular weight excluding hydrogens is 342 g/mol. The summed E-state index contributed by atoms with van der Waals surface area (Å²) in [7, 11) is 1.80. The van der Waals surface area contributed by atoms with Gasteiger partial charge in [0.2, 0.25) is 5.91 Å². The summed E-state index contributed by atoms with van der Waals surface area (Å²) in [6.45, 7) is 5.23. The van der Waals surface area contributed by atoms with E-state index in [1.807, 2.05) is 0 Å². The highest BCUT2D eigenvalue weighted by Crippen LogP contribution is 2.19. The van der Waals surface area contributed by atoms with Gasteiger partial charge in [0, 0.05) is 26.7 Å². The van der Waals surface area contributed by atoms with Crippen molar-refractivity contribution in [2.45, 2.75) is 63.9 Å². The van der Waals surface area contributed by atoms with Crippen LogP contribution in [0.5, 0.6) is 0 Å². The predicted octanol–water partition coefficient (Wildman–Crippen LogP) is 1.48. The zero-order chi connectivity index (χ0) is 19.3. The molecule has 7 heteroatoms. The van der Waals surface area contributed by atoms with Crippen LogP contribution in [-0.2, 0) is 9.53 Å². The summed E-state index contributed by atoms with van der Waals surface area (Å²) in [4.78, 5) is 18.0. The Morgan fingerprint density at radius 1 is 1.11 bits per heavy atom. The number of nitrogens with one attached hydrogen (secondary N) is 2. The van der Waals surface area contributed by atoms with Crippen LogP contribution in [0.1, 0.15) is 57.8 Å². The van der Waals surface area contributed by atoms with Crippen LogP contribution in [0.2, 0.25) is 0 Å². The van der Waals surface area contributed by atoms with Gasteiger partial charge in [-0.15, -0.1) is 0 Å². The van der Waals surface area contributed by atoms with Crippen LogP contribution in [0, 0.1) is 5.92 Å². The van der Waals surface area contributed by atoms with Gasteiger partial charge in [0.15, 0.2) is 5.96 Å². The summed E-state index contributed by atoms with van der Waals surface area (Å²) in [5.74, 6) is 0.691. The van der Waals surface area contributed by atoms with Crippen LogP contribution in [0.25, 0.3) is 0 Å². The number of hydrogen-bond donors (Lipinski definition) is 3. The van der Waals surface area contributed by atoms with Gasteiger partial charge in [0.25, 0.3) is 0 Å². The maximum atomic E-state index is 11.4. The van der Waals surface area contributed by atoms with E-state index in [1.165, 1.54) is 38.5 Å². The first-order valence-corrected chi connectivity index (χ1v) is 10.8. The number of primary amides is 1. The lowest BCUT2D eigenvalue weighted by Crippen LogP contribution is -2.43. The number of nitrogens with zero attached hydrogens (tertiary/aromatic N) is 2. The van der Waals surface area contributed by atoms with E-state index < -0.39 is 0 Å². The zero-order valence-corrected chi connectivity index (χ0v) is 17.0. The van der Waals surface area contributed by atoms with E-state index in [-0.39, 0.29) is 11.8 Å². The van der Waals surface area contributed by atoms with Crippen LogP contribution in [-0.4, -0.2) is 69.2 Å². The maximum Gasteiger partial charge on any atom is 0.221 e. The van der Waals surface area contributed by atoms with Crippen molar-refractivity contribution in [1.29, 1.82) is 0 Å². The van der Waals surface area contributed by atoms with E-state index in [0.717, 1.165) is 64.6 Å². The molecule has 27 heavy (non-hydrogen) atoms. The third-order valence-electron chi connectivity index (χ3n) is 5.63. The van der Waals surface area contributed by atoms with Crippen LogP contribution in [0.3, 0.4) is 0 Å². The van der Waals surface area contributed by atoms with Crippen molar-refractivity contribution >= 4 is 11.9 Å². The van der Waals surface area contributed by atoms with Crippen molar-refractivity contribution in [1.82, 2.24) is 15.5 Å². The van der Waals surface area contributed by atoms with Gasteiger partial charge in [0.05, 0.1) is 18.6 Å². The number of carbonyl (C=O) groups is 1. The molecule has 156 valence electrons. The summed E-state index contributed by atoms with van der Waals surface area (Å²) in [6, 6.07) is 0. The van der Waals surface area contributed by atoms with E-state index >= 15 is 0 Å².